The van der Waals surface area contributed by atoms with Crippen LogP contribution in [0.3, 0.4) is 0 Å². The van der Waals surface area contributed by atoms with Crippen molar-refractivity contribution in [1.29, 1.82) is 0 Å². The molecular formula is C20H23N3O3. The number of nitrogens with zero attached hydrogens (tertiary/aromatic N) is 1. The average Bonchev–Trinajstić information content (AvgIpc) is 2.84. The van der Waals surface area contributed by atoms with E-state index in [0.717, 1.165) is 18.4 Å². The molecule has 0 bridgehead atoms. The van der Waals surface area contributed by atoms with Crippen LogP contribution < -0.4 is 15.4 Å². The molecule has 0 radical (unpaired) electrons. The highest BCUT2D eigenvalue weighted by molar-refractivity contribution is 6.01. The van der Waals surface area contributed by atoms with E-state index in [1.165, 1.54) is 0 Å². The van der Waals surface area contributed by atoms with Crippen LogP contribution >= 0.6 is 0 Å². The molecule has 1 fully saturated rings. The minimum atomic E-state index is -0.986. The molecular weight excluding hydrogens is 330 g/mol. The van der Waals surface area contributed by atoms with Crippen molar-refractivity contribution >= 4 is 17.5 Å². The van der Waals surface area contributed by atoms with Gasteiger partial charge < -0.3 is 15.4 Å². The van der Waals surface area contributed by atoms with Crippen LogP contribution in [0.25, 0.3) is 0 Å². The zero-order chi connectivity index (χ0) is 18.4. The molecule has 2 aromatic rings. The molecule has 1 saturated heterocycles. The van der Waals surface area contributed by atoms with E-state index in [4.69, 9.17) is 4.74 Å². The van der Waals surface area contributed by atoms with E-state index in [1.54, 1.807) is 31.6 Å². The zero-order valence-corrected chi connectivity index (χ0v) is 14.8. The molecule has 0 aliphatic carbocycles. The number of aromatic nitrogens is 1. The van der Waals surface area contributed by atoms with Crippen molar-refractivity contribution in [3.05, 3.63) is 54.4 Å². The van der Waals surface area contributed by atoms with Gasteiger partial charge in [0.2, 0.25) is 11.8 Å². The molecule has 2 heterocycles. The molecule has 1 aromatic heterocycles. The first kappa shape index (κ1) is 17.9. The summed E-state index contributed by atoms with van der Waals surface area (Å²) < 4.78 is 5.21. The Morgan fingerprint density at radius 2 is 2.19 bits per heavy atom. The number of methoxy groups -OCH3 is 1. The summed E-state index contributed by atoms with van der Waals surface area (Å²) in [5.74, 6) is 0.353. The van der Waals surface area contributed by atoms with Crippen molar-refractivity contribution in [3.8, 4) is 5.75 Å². The number of hydrogen-bond acceptors (Lipinski definition) is 4. The number of pyridine rings is 1. The van der Waals surface area contributed by atoms with Gasteiger partial charge in [-0.2, -0.15) is 0 Å². The van der Waals surface area contributed by atoms with Crippen molar-refractivity contribution in [2.24, 2.45) is 0 Å². The minimum absolute atomic E-state index is 0.0906. The second kappa shape index (κ2) is 7.99. The SMILES string of the molecule is COc1cccc(NC(=O)C2(Cc3cccnc3)CCCCC(=O)N2)c1. The van der Waals surface area contributed by atoms with E-state index in [1.807, 2.05) is 24.3 Å². The van der Waals surface area contributed by atoms with Crippen LogP contribution in [-0.2, 0) is 16.0 Å². The summed E-state index contributed by atoms with van der Waals surface area (Å²) >= 11 is 0. The monoisotopic (exact) mass is 353 g/mol. The van der Waals surface area contributed by atoms with Crippen LogP contribution in [0.15, 0.2) is 48.8 Å². The van der Waals surface area contributed by atoms with E-state index in [9.17, 15) is 9.59 Å². The Kier molecular flexibility index (Phi) is 5.51. The number of nitrogens with one attached hydrogen (secondary N) is 2. The Balaban J connectivity index is 1.88. The molecule has 6 heteroatoms. The summed E-state index contributed by atoms with van der Waals surface area (Å²) in [6.45, 7) is 0. The lowest BCUT2D eigenvalue weighted by molar-refractivity contribution is -0.130. The zero-order valence-electron chi connectivity index (χ0n) is 14.8. The summed E-state index contributed by atoms with van der Waals surface area (Å²) in [7, 11) is 1.58. The summed E-state index contributed by atoms with van der Waals surface area (Å²) in [4.78, 5) is 29.6. The van der Waals surface area contributed by atoms with Crippen LogP contribution in [0, 0.1) is 0 Å². The smallest absolute Gasteiger partial charge is 0.250 e. The van der Waals surface area contributed by atoms with Crippen molar-refractivity contribution in [3.63, 3.8) is 0 Å². The van der Waals surface area contributed by atoms with Crippen LogP contribution in [0.5, 0.6) is 5.75 Å². The summed E-state index contributed by atoms with van der Waals surface area (Å²) in [6, 6.07) is 10.9. The third kappa shape index (κ3) is 4.20. The van der Waals surface area contributed by atoms with Crippen molar-refractivity contribution in [2.75, 3.05) is 12.4 Å². The molecule has 26 heavy (non-hydrogen) atoms. The number of ether oxygens (including phenoxy) is 1. The third-order valence-corrected chi connectivity index (χ3v) is 4.63. The van der Waals surface area contributed by atoms with E-state index in [0.29, 0.717) is 30.7 Å². The lowest BCUT2D eigenvalue weighted by Crippen LogP contribution is -2.57. The molecule has 3 rings (SSSR count). The molecule has 0 saturated carbocycles. The Morgan fingerprint density at radius 3 is 2.96 bits per heavy atom. The first-order chi connectivity index (χ1) is 12.6. The maximum absolute atomic E-state index is 13.2. The fourth-order valence-corrected chi connectivity index (χ4v) is 3.29. The minimum Gasteiger partial charge on any atom is -0.497 e. The molecule has 0 spiro atoms. The number of rotatable bonds is 5. The molecule has 1 unspecified atom stereocenters. The van der Waals surface area contributed by atoms with Crippen molar-refractivity contribution in [1.82, 2.24) is 10.3 Å². The molecule has 1 atom stereocenters. The molecule has 2 N–H and O–H groups in total. The molecule has 1 aliphatic heterocycles. The molecule has 136 valence electrons. The van der Waals surface area contributed by atoms with Gasteiger partial charge in [0.15, 0.2) is 0 Å². The van der Waals surface area contributed by atoms with Crippen LogP contribution in [-0.4, -0.2) is 29.4 Å². The van der Waals surface area contributed by atoms with Gasteiger partial charge in [-0.3, -0.25) is 14.6 Å². The number of carbonyl (C=O) groups excluding carboxylic acids is 2. The maximum atomic E-state index is 13.2. The van der Waals surface area contributed by atoms with Gasteiger partial charge in [-0.05, 0) is 36.6 Å². The lowest BCUT2D eigenvalue weighted by atomic mass is 9.86. The van der Waals surface area contributed by atoms with E-state index < -0.39 is 5.54 Å². The normalized spacial score (nSPS) is 20.0. The van der Waals surface area contributed by atoms with Crippen LogP contribution in [0.1, 0.15) is 31.2 Å². The average molecular weight is 353 g/mol. The quantitative estimate of drug-likeness (QED) is 0.866. The highest BCUT2D eigenvalue weighted by Gasteiger charge is 2.41. The lowest BCUT2D eigenvalue weighted by Gasteiger charge is -2.32. The van der Waals surface area contributed by atoms with Crippen LogP contribution in [0.4, 0.5) is 5.69 Å². The number of amides is 2. The topological polar surface area (TPSA) is 80.3 Å². The van der Waals surface area contributed by atoms with E-state index in [-0.39, 0.29) is 11.8 Å². The van der Waals surface area contributed by atoms with E-state index >= 15 is 0 Å². The van der Waals surface area contributed by atoms with Gasteiger partial charge >= 0.3 is 0 Å². The maximum Gasteiger partial charge on any atom is 0.250 e. The summed E-state index contributed by atoms with van der Waals surface area (Å²) in [5, 5.41) is 5.92. The first-order valence-electron chi connectivity index (χ1n) is 8.77. The van der Waals surface area contributed by atoms with Gasteiger partial charge in [0.25, 0.3) is 0 Å². The summed E-state index contributed by atoms with van der Waals surface area (Å²) in [5.41, 5.74) is 0.563. The van der Waals surface area contributed by atoms with Gasteiger partial charge in [-0.15, -0.1) is 0 Å². The number of carbonyl (C=O) groups is 2. The Morgan fingerprint density at radius 1 is 1.31 bits per heavy atom. The number of anilines is 1. The van der Waals surface area contributed by atoms with Gasteiger partial charge in [-0.25, -0.2) is 0 Å². The third-order valence-electron chi connectivity index (χ3n) is 4.63. The van der Waals surface area contributed by atoms with Gasteiger partial charge in [0.05, 0.1) is 7.11 Å². The fraction of sp³-hybridized carbons (Fsp3) is 0.350. The Bertz CT molecular complexity index is 779. The fourth-order valence-electron chi connectivity index (χ4n) is 3.29. The van der Waals surface area contributed by atoms with Gasteiger partial charge in [0.1, 0.15) is 11.3 Å². The highest BCUT2D eigenvalue weighted by atomic mass is 16.5. The predicted molar refractivity (Wildman–Crippen MR) is 98.9 cm³/mol. The highest BCUT2D eigenvalue weighted by Crippen LogP contribution is 2.27. The standard InChI is InChI=1S/C20H23N3O3/c1-26-17-8-4-7-16(12-17)22-19(25)20(10-3-2-9-18(24)23-20)13-15-6-5-11-21-14-15/h4-8,11-12,14H,2-3,9-10,13H2,1H3,(H,22,25)(H,23,24). The van der Waals surface area contributed by atoms with Crippen molar-refractivity contribution in [2.45, 2.75) is 37.6 Å². The number of benzene rings is 1. The molecule has 6 nitrogen and oxygen atoms in total. The van der Waals surface area contributed by atoms with Gasteiger partial charge in [-0.1, -0.05) is 18.6 Å². The Labute approximate surface area is 153 Å². The van der Waals surface area contributed by atoms with Crippen LogP contribution in [0.2, 0.25) is 0 Å². The predicted octanol–water partition coefficient (Wildman–Crippen LogP) is 2.70. The molecule has 1 aromatic carbocycles. The van der Waals surface area contributed by atoms with Gasteiger partial charge in [0, 0.05) is 37.0 Å². The molecule has 1 aliphatic rings. The first-order valence-corrected chi connectivity index (χ1v) is 8.77. The van der Waals surface area contributed by atoms with E-state index in [2.05, 4.69) is 15.6 Å². The summed E-state index contributed by atoms with van der Waals surface area (Å²) in [6.07, 6.45) is 6.46. The Hall–Kier alpha value is -2.89. The largest absolute Gasteiger partial charge is 0.497 e. The second-order valence-corrected chi connectivity index (χ2v) is 6.56. The molecule has 2 amide bonds. The van der Waals surface area contributed by atoms with Crippen molar-refractivity contribution < 1.29 is 14.3 Å². The second-order valence-electron chi connectivity index (χ2n) is 6.56. The number of hydrogen-bond donors (Lipinski definition) is 2.